The maximum absolute atomic E-state index is 12.5. The van der Waals surface area contributed by atoms with Gasteiger partial charge < -0.3 is 10.2 Å². The molecule has 1 amide bonds. The summed E-state index contributed by atoms with van der Waals surface area (Å²) in [6.45, 7) is 8.86. The van der Waals surface area contributed by atoms with Crippen molar-refractivity contribution in [2.45, 2.75) is 39.7 Å². The lowest BCUT2D eigenvalue weighted by Gasteiger charge is -2.36. The van der Waals surface area contributed by atoms with Crippen molar-refractivity contribution in [1.82, 2.24) is 10.2 Å². The van der Waals surface area contributed by atoms with Crippen LogP contribution in [0.15, 0.2) is 24.3 Å². The van der Waals surface area contributed by atoms with Gasteiger partial charge in [-0.2, -0.15) is 0 Å². The Morgan fingerprint density at radius 2 is 1.95 bits per heavy atom. The highest BCUT2D eigenvalue weighted by Gasteiger charge is 2.31. The van der Waals surface area contributed by atoms with Crippen molar-refractivity contribution < 1.29 is 4.79 Å². The van der Waals surface area contributed by atoms with E-state index >= 15 is 0 Å². The molecule has 1 aliphatic heterocycles. The Bertz CT molecular complexity index is 437. The topological polar surface area (TPSA) is 32.3 Å². The third kappa shape index (κ3) is 3.40. The number of carbonyl (C=O) groups is 1. The van der Waals surface area contributed by atoms with Crippen LogP contribution in [0, 0.1) is 12.8 Å². The zero-order valence-corrected chi connectivity index (χ0v) is 12.9. The molecule has 1 saturated heterocycles. The first-order valence-corrected chi connectivity index (χ1v) is 7.72. The van der Waals surface area contributed by atoms with Crippen LogP contribution in [0.2, 0.25) is 0 Å². The molecule has 110 valence electrons. The number of nitrogens with one attached hydrogen (secondary N) is 1. The molecule has 0 aliphatic carbocycles. The maximum atomic E-state index is 12.5. The van der Waals surface area contributed by atoms with Gasteiger partial charge in [-0.05, 0) is 32.3 Å². The van der Waals surface area contributed by atoms with E-state index in [4.69, 9.17) is 0 Å². The number of rotatable bonds is 6. The van der Waals surface area contributed by atoms with E-state index in [-0.39, 0.29) is 5.92 Å². The summed E-state index contributed by atoms with van der Waals surface area (Å²) in [6.07, 6.45) is 1.96. The lowest BCUT2D eigenvalue weighted by molar-refractivity contribution is -0.139. The average molecular weight is 274 g/mol. The molecule has 2 rings (SSSR count). The number of nitrogens with zero attached hydrogens (tertiary/aromatic N) is 1. The van der Waals surface area contributed by atoms with Gasteiger partial charge in [0.2, 0.25) is 5.91 Å². The van der Waals surface area contributed by atoms with Gasteiger partial charge in [-0.3, -0.25) is 4.79 Å². The minimum absolute atomic E-state index is 0.196. The highest BCUT2D eigenvalue weighted by atomic mass is 16.2. The van der Waals surface area contributed by atoms with Gasteiger partial charge in [0.25, 0.3) is 0 Å². The number of hydrogen-bond acceptors (Lipinski definition) is 2. The normalized spacial score (nSPS) is 16.6. The lowest BCUT2D eigenvalue weighted by atomic mass is 9.97. The zero-order valence-electron chi connectivity index (χ0n) is 12.9. The molecule has 0 aromatic heterocycles. The van der Waals surface area contributed by atoms with Crippen LogP contribution < -0.4 is 5.32 Å². The molecule has 1 aliphatic rings. The fraction of sp³-hybridized carbons (Fsp3) is 0.588. The van der Waals surface area contributed by atoms with Crippen molar-refractivity contribution in [3.05, 3.63) is 35.4 Å². The van der Waals surface area contributed by atoms with Crippen LogP contribution >= 0.6 is 0 Å². The largest absolute Gasteiger partial charge is 0.339 e. The van der Waals surface area contributed by atoms with Crippen LogP contribution in [0.5, 0.6) is 0 Å². The van der Waals surface area contributed by atoms with E-state index in [1.54, 1.807) is 0 Å². The van der Waals surface area contributed by atoms with Crippen LogP contribution in [0.1, 0.15) is 31.4 Å². The molecule has 1 unspecified atom stereocenters. The number of likely N-dealkylation sites (N-methyl/N-ethyl adjacent to an activating group) is 1. The number of amides is 1. The Balaban J connectivity index is 2.04. The first kappa shape index (κ1) is 15.0. The molecule has 0 spiro atoms. The van der Waals surface area contributed by atoms with Gasteiger partial charge in [0.05, 0.1) is 5.92 Å². The third-order valence-electron chi connectivity index (χ3n) is 4.26. The van der Waals surface area contributed by atoms with E-state index in [1.807, 2.05) is 0 Å². The molecule has 1 atom stereocenters. The Kier molecular flexibility index (Phi) is 5.18. The van der Waals surface area contributed by atoms with Crippen LogP contribution in [-0.4, -0.2) is 36.5 Å². The summed E-state index contributed by atoms with van der Waals surface area (Å²) in [5.74, 6) is 0.521. The van der Waals surface area contributed by atoms with Gasteiger partial charge in [-0.1, -0.05) is 36.8 Å². The Labute approximate surface area is 122 Å². The smallest absolute Gasteiger partial charge is 0.228 e. The molecule has 0 saturated carbocycles. The highest BCUT2D eigenvalue weighted by molar-refractivity contribution is 5.80. The number of benzene rings is 1. The number of carbonyl (C=O) groups excluding carboxylic acids is 1. The summed E-state index contributed by atoms with van der Waals surface area (Å²) < 4.78 is 0. The quantitative estimate of drug-likeness (QED) is 0.864. The van der Waals surface area contributed by atoms with Crippen molar-refractivity contribution in [3.8, 4) is 0 Å². The van der Waals surface area contributed by atoms with E-state index in [0.717, 1.165) is 32.5 Å². The highest BCUT2D eigenvalue weighted by Crippen LogP contribution is 2.17. The summed E-state index contributed by atoms with van der Waals surface area (Å²) in [4.78, 5) is 14.6. The standard InChI is InChI=1S/C17H26N2O/c1-4-16(10-14-8-6-13(3)7-9-14)19(5-2)17(20)15-11-18-12-15/h6-9,15-16,18H,4-5,10-12H2,1-3H3. The molecule has 1 fully saturated rings. The molecule has 1 aromatic carbocycles. The first-order chi connectivity index (χ1) is 9.65. The molecular formula is C17H26N2O. The maximum Gasteiger partial charge on any atom is 0.228 e. The van der Waals surface area contributed by atoms with Crippen molar-refractivity contribution >= 4 is 5.91 Å². The number of aryl methyl sites for hydroxylation is 1. The minimum atomic E-state index is 0.196. The fourth-order valence-corrected chi connectivity index (χ4v) is 2.76. The SMILES string of the molecule is CCC(Cc1ccc(C)cc1)N(CC)C(=O)C1CNC1. The van der Waals surface area contributed by atoms with E-state index < -0.39 is 0 Å². The van der Waals surface area contributed by atoms with E-state index in [2.05, 4.69) is 55.3 Å². The Morgan fingerprint density at radius 3 is 2.40 bits per heavy atom. The van der Waals surface area contributed by atoms with E-state index in [0.29, 0.717) is 11.9 Å². The van der Waals surface area contributed by atoms with Gasteiger partial charge >= 0.3 is 0 Å². The van der Waals surface area contributed by atoms with Gasteiger partial charge in [0.1, 0.15) is 0 Å². The Hall–Kier alpha value is -1.35. The summed E-state index contributed by atoms with van der Waals surface area (Å²) in [5, 5.41) is 3.19. The van der Waals surface area contributed by atoms with Crippen molar-refractivity contribution in [2.24, 2.45) is 5.92 Å². The molecule has 1 N–H and O–H groups in total. The van der Waals surface area contributed by atoms with Crippen molar-refractivity contribution in [1.29, 1.82) is 0 Å². The van der Waals surface area contributed by atoms with Crippen LogP contribution in [-0.2, 0) is 11.2 Å². The summed E-state index contributed by atoms with van der Waals surface area (Å²) >= 11 is 0. The Morgan fingerprint density at radius 1 is 1.30 bits per heavy atom. The monoisotopic (exact) mass is 274 g/mol. The molecule has 1 aromatic rings. The zero-order chi connectivity index (χ0) is 14.5. The molecule has 3 heteroatoms. The molecule has 3 nitrogen and oxygen atoms in total. The third-order valence-corrected chi connectivity index (χ3v) is 4.26. The fourth-order valence-electron chi connectivity index (χ4n) is 2.76. The second-order valence-electron chi connectivity index (χ2n) is 5.73. The lowest BCUT2D eigenvalue weighted by Crippen LogP contribution is -2.54. The van der Waals surface area contributed by atoms with Crippen LogP contribution in [0.4, 0.5) is 0 Å². The second-order valence-corrected chi connectivity index (χ2v) is 5.73. The number of hydrogen-bond donors (Lipinski definition) is 1. The first-order valence-electron chi connectivity index (χ1n) is 7.72. The van der Waals surface area contributed by atoms with Crippen LogP contribution in [0.3, 0.4) is 0 Å². The van der Waals surface area contributed by atoms with Gasteiger partial charge in [-0.25, -0.2) is 0 Å². The molecule has 0 radical (unpaired) electrons. The minimum Gasteiger partial charge on any atom is -0.339 e. The van der Waals surface area contributed by atoms with Gasteiger partial charge in [0.15, 0.2) is 0 Å². The molecule has 0 bridgehead atoms. The van der Waals surface area contributed by atoms with Gasteiger partial charge in [0, 0.05) is 25.7 Å². The van der Waals surface area contributed by atoms with Crippen LogP contribution in [0.25, 0.3) is 0 Å². The molecule has 20 heavy (non-hydrogen) atoms. The molecule has 1 heterocycles. The summed E-state index contributed by atoms with van der Waals surface area (Å²) in [7, 11) is 0. The predicted molar refractivity (Wildman–Crippen MR) is 82.7 cm³/mol. The molecular weight excluding hydrogens is 248 g/mol. The predicted octanol–water partition coefficient (Wildman–Crippen LogP) is 2.38. The summed E-state index contributed by atoms with van der Waals surface area (Å²) in [5.41, 5.74) is 2.60. The van der Waals surface area contributed by atoms with Crippen molar-refractivity contribution in [2.75, 3.05) is 19.6 Å². The summed E-state index contributed by atoms with van der Waals surface area (Å²) in [6, 6.07) is 8.98. The van der Waals surface area contributed by atoms with Gasteiger partial charge in [-0.15, -0.1) is 0 Å². The van der Waals surface area contributed by atoms with E-state index in [1.165, 1.54) is 11.1 Å². The van der Waals surface area contributed by atoms with Crippen molar-refractivity contribution in [3.63, 3.8) is 0 Å². The average Bonchev–Trinajstić information content (AvgIpc) is 2.38. The second kappa shape index (κ2) is 6.89. The van der Waals surface area contributed by atoms with E-state index in [9.17, 15) is 4.79 Å².